The van der Waals surface area contributed by atoms with Crippen LogP contribution in [-0.2, 0) is 24.0 Å². The Labute approximate surface area is 201 Å². The van der Waals surface area contributed by atoms with E-state index in [1.807, 2.05) is 52.1 Å². The van der Waals surface area contributed by atoms with Gasteiger partial charge in [-0.2, -0.15) is 5.10 Å². The van der Waals surface area contributed by atoms with Crippen molar-refractivity contribution >= 4 is 41.5 Å². The molecular weight excluding hydrogens is 507 g/mol. The van der Waals surface area contributed by atoms with Gasteiger partial charge in [0.15, 0.2) is 5.96 Å². The third-order valence-electron chi connectivity index (χ3n) is 4.95. The molecule has 4 N–H and O–H groups in total. The van der Waals surface area contributed by atoms with E-state index in [2.05, 4.69) is 26.0 Å². The second-order valence-electron chi connectivity index (χ2n) is 7.72. The molecule has 1 amide bonds. The van der Waals surface area contributed by atoms with E-state index < -0.39 is 5.60 Å². The molecule has 0 aliphatic heterocycles. The summed E-state index contributed by atoms with van der Waals surface area (Å²) in [5, 5.41) is 24.2. The molecule has 172 valence electrons. The number of hydrogen-bond acceptors (Lipinski definition) is 4. The van der Waals surface area contributed by atoms with Crippen LogP contribution in [0, 0.1) is 5.92 Å². The number of aliphatic hydroxyl groups is 1. The monoisotopic (exact) mass is 542 g/mol. The third kappa shape index (κ3) is 8.48. The SMILES string of the molecule is CCNC(=NCc1cccc(NC(=O)C(C)CC)c1)NCC(C)(O)c1cnn(C)c1.I. The number of halogens is 1. The predicted octanol–water partition coefficient (Wildman–Crippen LogP) is 2.99. The Balaban J connectivity index is 0.00000480. The number of carbonyl (C=O) groups excluding carboxylic acids is 1. The minimum Gasteiger partial charge on any atom is -0.383 e. The van der Waals surface area contributed by atoms with Crippen molar-refractivity contribution in [1.29, 1.82) is 0 Å². The van der Waals surface area contributed by atoms with Crippen LogP contribution in [0.4, 0.5) is 5.69 Å². The lowest BCUT2D eigenvalue weighted by Crippen LogP contribution is -2.44. The summed E-state index contributed by atoms with van der Waals surface area (Å²) in [6.07, 6.45) is 4.26. The molecular formula is C22H35IN6O2. The minimum absolute atomic E-state index is 0. The first kappa shape index (κ1) is 26.9. The van der Waals surface area contributed by atoms with Crippen molar-refractivity contribution in [2.75, 3.05) is 18.4 Å². The summed E-state index contributed by atoms with van der Waals surface area (Å²) >= 11 is 0. The molecule has 0 fully saturated rings. The lowest BCUT2D eigenvalue weighted by atomic mass is 10.00. The van der Waals surface area contributed by atoms with E-state index in [1.54, 1.807) is 24.0 Å². The number of aryl methyl sites for hydroxylation is 1. The van der Waals surface area contributed by atoms with Crippen molar-refractivity contribution in [3.05, 3.63) is 47.8 Å². The van der Waals surface area contributed by atoms with Gasteiger partial charge in [-0.3, -0.25) is 9.48 Å². The Hall–Kier alpha value is -2.14. The van der Waals surface area contributed by atoms with Gasteiger partial charge in [-0.15, -0.1) is 24.0 Å². The molecule has 1 heterocycles. The van der Waals surface area contributed by atoms with Crippen molar-refractivity contribution in [2.45, 2.75) is 46.3 Å². The van der Waals surface area contributed by atoms with E-state index in [4.69, 9.17) is 0 Å². The number of nitrogens with one attached hydrogen (secondary N) is 3. The van der Waals surface area contributed by atoms with Gasteiger partial charge in [0.2, 0.25) is 5.91 Å². The summed E-state index contributed by atoms with van der Waals surface area (Å²) in [5.41, 5.74) is 1.40. The molecule has 2 atom stereocenters. The molecule has 2 unspecified atom stereocenters. The molecule has 1 aromatic heterocycles. The average Bonchev–Trinajstić information content (AvgIpc) is 3.17. The molecule has 1 aromatic carbocycles. The number of anilines is 1. The standard InChI is InChI=1S/C22H34N6O2.HI/c1-6-16(3)20(29)27-19-10-8-9-17(11-19)12-24-21(23-7-2)25-15-22(4,30)18-13-26-28(5)14-18;/h8-11,13-14,16,30H,6-7,12,15H2,1-5H3,(H,27,29)(H2,23,24,25);1H. The van der Waals surface area contributed by atoms with Gasteiger partial charge in [0, 0.05) is 37.0 Å². The van der Waals surface area contributed by atoms with Gasteiger partial charge in [0.25, 0.3) is 0 Å². The van der Waals surface area contributed by atoms with E-state index in [1.165, 1.54) is 0 Å². The zero-order valence-corrected chi connectivity index (χ0v) is 21.3. The van der Waals surface area contributed by atoms with Crippen molar-refractivity contribution in [1.82, 2.24) is 20.4 Å². The van der Waals surface area contributed by atoms with Crippen LogP contribution in [0.2, 0.25) is 0 Å². The number of nitrogens with zero attached hydrogens (tertiary/aromatic N) is 3. The summed E-state index contributed by atoms with van der Waals surface area (Å²) < 4.78 is 1.66. The maximum Gasteiger partial charge on any atom is 0.227 e. The highest BCUT2D eigenvalue weighted by Gasteiger charge is 2.25. The highest BCUT2D eigenvalue weighted by Crippen LogP contribution is 2.18. The first-order chi connectivity index (χ1) is 14.2. The third-order valence-corrected chi connectivity index (χ3v) is 4.95. The van der Waals surface area contributed by atoms with E-state index >= 15 is 0 Å². The molecule has 31 heavy (non-hydrogen) atoms. The van der Waals surface area contributed by atoms with Crippen LogP contribution < -0.4 is 16.0 Å². The van der Waals surface area contributed by atoms with Crippen LogP contribution in [0.5, 0.6) is 0 Å². The summed E-state index contributed by atoms with van der Waals surface area (Å²) in [6, 6.07) is 7.68. The van der Waals surface area contributed by atoms with Crippen molar-refractivity contribution in [2.24, 2.45) is 18.0 Å². The molecule has 0 aliphatic rings. The van der Waals surface area contributed by atoms with E-state index in [0.29, 0.717) is 19.0 Å². The molecule has 2 rings (SSSR count). The highest BCUT2D eigenvalue weighted by molar-refractivity contribution is 14.0. The minimum atomic E-state index is -1.08. The van der Waals surface area contributed by atoms with E-state index in [0.717, 1.165) is 23.2 Å². The molecule has 0 saturated heterocycles. The number of amides is 1. The fourth-order valence-electron chi connectivity index (χ4n) is 2.77. The summed E-state index contributed by atoms with van der Waals surface area (Å²) in [5.74, 6) is 0.602. The maximum atomic E-state index is 12.1. The van der Waals surface area contributed by atoms with Crippen LogP contribution in [0.1, 0.15) is 45.2 Å². The van der Waals surface area contributed by atoms with Crippen molar-refractivity contribution in [3.63, 3.8) is 0 Å². The Bertz CT molecular complexity index is 865. The second-order valence-corrected chi connectivity index (χ2v) is 7.72. The van der Waals surface area contributed by atoms with Gasteiger partial charge in [-0.05, 0) is 38.0 Å². The van der Waals surface area contributed by atoms with Crippen molar-refractivity contribution in [3.8, 4) is 0 Å². The molecule has 0 bridgehead atoms. The molecule has 9 heteroatoms. The smallest absolute Gasteiger partial charge is 0.227 e. The molecule has 0 spiro atoms. The number of benzene rings is 1. The topological polar surface area (TPSA) is 104 Å². The van der Waals surface area contributed by atoms with Gasteiger partial charge < -0.3 is 21.1 Å². The molecule has 0 saturated carbocycles. The van der Waals surface area contributed by atoms with Crippen LogP contribution in [0.25, 0.3) is 0 Å². The molecule has 0 radical (unpaired) electrons. The Morgan fingerprint density at radius 3 is 2.68 bits per heavy atom. The van der Waals surface area contributed by atoms with Gasteiger partial charge in [-0.25, -0.2) is 4.99 Å². The number of rotatable bonds is 9. The van der Waals surface area contributed by atoms with Gasteiger partial charge >= 0.3 is 0 Å². The number of aromatic nitrogens is 2. The quantitative estimate of drug-likeness (QED) is 0.222. The first-order valence-electron chi connectivity index (χ1n) is 10.4. The average molecular weight is 542 g/mol. The first-order valence-corrected chi connectivity index (χ1v) is 10.4. The Kier molecular flexibility index (Phi) is 11.0. The summed E-state index contributed by atoms with van der Waals surface area (Å²) in [4.78, 5) is 16.7. The lowest BCUT2D eigenvalue weighted by Gasteiger charge is -2.23. The van der Waals surface area contributed by atoms with E-state index in [-0.39, 0.29) is 42.3 Å². The Morgan fingerprint density at radius 2 is 2.06 bits per heavy atom. The fraction of sp³-hybridized carbons (Fsp3) is 0.500. The van der Waals surface area contributed by atoms with Crippen LogP contribution in [0.15, 0.2) is 41.7 Å². The van der Waals surface area contributed by atoms with Gasteiger partial charge in [0.05, 0.1) is 19.3 Å². The summed E-state index contributed by atoms with van der Waals surface area (Å²) in [7, 11) is 1.82. The zero-order chi connectivity index (χ0) is 22.1. The lowest BCUT2D eigenvalue weighted by molar-refractivity contribution is -0.119. The van der Waals surface area contributed by atoms with Gasteiger partial charge in [0.1, 0.15) is 5.60 Å². The highest BCUT2D eigenvalue weighted by atomic mass is 127. The van der Waals surface area contributed by atoms with Gasteiger partial charge in [-0.1, -0.05) is 26.0 Å². The van der Waals surface area contributed by atoms with Crippen LogP contribution >= 0.6 is 24.0 Å². The molecule has 2 aromatic rings. The number of hydrogen-bond donors (Lipinski definition) is 4. The Morgan fingerprint density at radius 1 is 1.32 bits per heavy atom. The fourth-order valence-corrected chi connectivity index (χ4v) is 2.77. The number of guanidine groups is 1. The van der Waals surface area contributed by atoms with E-state index in [9.17, 15) is 9.90 Å². The van der Waals surface area contributed by atoms with Crippen LogP contribution in [-0.4, -0.2) is 39.8 Å². The number of carbonyl (C=O) groups is 1. The molecule has 8 nitrogen and oxygen atoms in total. The zero-order valence-electron chi connectivity index (χ0n) is 19.0. The summed E-state index contributed by atoms with van der Waals surface area (Å²) in [6.45, 7) is 9.07. The number of aliphatic imine (C=N–C) groups is 1. The largest absolute Gasteiger partial charge is 0.383 e. The normalized spacial score (nSPS) is 14.2. The second kappa shape index (κ2) is 12.7. The van der Waals surface area contributed by atoms with Crippen LogP contribution in [0.3, 0.4) is 0 Å². The molecule has 0 aliphatic carbocycles. The maximum absolute atomic E-state index is 12.1. The van der Waals surface area contributed by atoms with Crippen molar-refractivity contribution < 1.29 is 9.90 Å². The predicted molar refractivity (Wildman–Crippen MR) is 136 cm³/mol.